The van der Waals surface area contributed by atoms with E-state index < -0.39 is 17.7 Å². The molecule has 1 aromatic rings. The summed E-state index contributed by atoms with van der Waals surface area (Å²) in [6.45, 7) is 9.41. The van der Waals surface area contributed by atoms with E-state index in [1.54, 1.807) is 0 Å². The third kappa shape index (κ3) is 5.17. The van der Waals surface area contributed by atoms with Crippen molar-refractivity contribution < 1.29 is 23.7 Å². The summed E-state index contributed by atoms with van der Waals surface area (Å²) >= 11 is 0. The third-order valence-electron chi connectivity index (χ3n) is 4.58. The van der Waals surface area contributed by atoms with E-state index in [9.17, 15) is 4.79 Å². The minimum absolute atomic E-state index is 0.131. The van der Waals surface area contributed by atoms with E-state index in [0.717, 1.165) is 5.56 Å². The van der Waals surface area contributed by atoms with Crippen LogP contribution >= 0.6 is 0 Å². The lowest BCUT2D eigenvalue weighted by Crippen LogP contribution is -2.50. The van der Waals surface area contributed by atoms with E-state index in [1.165, 1.54) is 6.92 Å². The van der Waals surface area contributed by atoms with E-state index in [0.29, 0.717) is 6.61 Å². The zero-order valence-corrected chi connectivity index (χ0v) is 16.6. The number of rotatable bonds is 5. The maximum absolute atomic E-state index is 11.8. The van der Waals surface area contributed by atoms with Crippen molar-refractivity contribution >= 4 is 12.0 Å². The summed E-state index contributed by atoms with van der Waals surface area (Å²) in [5, 5.41) is 2.98. The summed E-state index contributed by atoms with van der Waals surface area (Å²) in [6, 6.07) is 9.56. The van der Waals surface area contributed by atoms with Crippen LogP contribution in [0.4, 0.5) is 0 Å². The summed E-state index contributed by atoms with van der Waals surface area (Å²) in [7, 11) is 0. The molecule has 4 atom stereocenters. The second kappa shape index (κ2) is 7.72. The molecular formula is C21H29NO5. The minimum Gasteiger partial charge on any atom is -0.348 e. The van der Waals surface area contributed by atoms with Crippen LogP contribution in [0.15, 0.2) is 36.4 Å². The number of nitrogens with one attached hydrogen (secondary N) is 1. The van der Waals surface area contributed by atoms with Crippen molar-refractivity contribution in [1.29, 1.82) is 0 Å². The number of hydrogen-bond donors (Lipinski definition) is 1. The Morgan fingerprint density at radius 1 is 1.11 bits per heavy atom. The average Bonchev–Trinajstić information content (AvgIpc) is 3.10. The molecule has 2 aliphatic heterocycles. The Morgan fingerprint density at radius 2 is 1.81 bits per heavy atom. The van der Waals surface area contributed by atoms with Crippen molar-refractivity contribution in [2.75, 3.05) is 6.61 Å². The first-order valence-electron chi connectivity index (χ1n) is 9.33. The molecule has 27 heavy (non-hydrogen) atoms. The van der Waals surface area contributed by atoms with Crippen molar-refractivity contribution in [2.24, 2.45) is 0 Å². The fraction of sp³-hybridized carbons (Fsp3) is 0.571. The van der Waals surface area contributed by atoms with Gasteiger partial charge in [-0.25, -0.2) is 0 Å². The Kier molecular flexibility index (Phi) is 5.72. The highest BCUT2D eigenvalue weighted by Gasteiger charge is 2.51. The average molecular weight is 375 g/mol. The normalized spacial score (nSPS) is 30.5. The number of benzene rings is 1. The first kappa shape index (κ1) is 20.0. The van der Waals surface area contributed by atoms with Gasteiger partial charge in [0.15, 0.2) is 11.6 Å². The summed E-state index contributed by atoms with van der Waals surface area (Å²) in [5.74, 6) is -1.56. The van der Waals surface area contributed by atoms with E-state index in [-0.39, 0.29) is 24.2 Å². The molecule has 0 aromatic heterocycles. The topological polar surface area (TPSA) is 66.0 Å². The van der Waals surface area contributed by atoms with Crippen molar-refractivity contribution in [1.82, 2.24) is 5.32 Å². The van der Waals surface area contributed by atoms with Gasteiger partial charge in [0.2, 0.25) is 5.91 Å². The van der Waals surface area contributed by atoms with Gasteiger partial charge in [-0.3, -0.25) is 4.79 Å². The zero-order valence-electron chi connectivity index (χ0n) is 16.6. The third-order valence-corrected chi connectivity index (χ3v) is 4.58. The molecule has 2 saturated heterocycles. The van der Waals surface area contributed by atoms with Crippen LogP contribution in [-0.2, 0) is 23.7 Å². The van der Waals surface area contributed by atoms with Gasteiger partial charge in [-0.15, -0.1) is 0 Å². The van der Waals surface area contributed by atoms with E-state index in [1.807, 2.05) is 70.2 Å². The van der Waals surface area contributed by atoms with Crippen LogP contribution in [-0.4, -0.2) is 48.4 Å². The second-order valence-corrected chi connectivity index (χ2v) is 7.93. The standard InChI is InChI=1S/C21H29NO5/c1-14(23)22-16(12-11-15-9-7-6-8-10-15)18-19(27-21(4,5)26-18)17-13-24-20(2,3)25-17/h6-12,16-19H,13H2,1-5H3,(H,22,23)/b12-11+/t16-,17-,18-,19-/m1/s1. The molecule has 2 aliphatic rings. The number of carbonyl (C=O) groups excluding carboxylic acids is 1. The molecule has 2 fully saturated rings. The van der Waals surface area contributed by atoms with Crippen LogP contribution < -0.4 is 5.32 Å². The van der Waals surface area contributed by atoms with Gasteiger partial charge < -0.3 is 24.3 Å². The van der Waals surface area contributed by atoms with Gasteiger partial charge >= 0.3 is 0 Å². The molecule has 3 rings (SSSR count). The molecule has 0 aliphatic carbocycles. The van der Waals surface area contributed by atoms with Gasteiger partial charge in [-0.1, -0.05) is 42.5 Å². The molecule has 6 heteroatoms. The maximum Gasteiger partial charge on any atom is 0.217 e. The van der Waals surface area contributed by atoms with Crippen LogP contribution in [0.5, 0.6) is 0 Å². The van der Waals surface area contributed by atoms with E-state index in [4.69, 9.17) is 18.9 Å². The lowest BCUT2D eigenvalue weighted by molar-refractivity contribution is -0.174. The highest BCUT2D eigenvalue weighted by atomic mass is 16.8. The Morgan fingerprint density at radius 3 is 2.41 bits per heavy atom. The largest absolute Gasteiger partial charge is 0.348 e. The smallest absolute Gasteiger partial charge is 0.217 e. The molecule has 1 aromatic carbocycles. The molecular weight excluding hydrogens is 346 g/mol. The van der Waals surface area contributed by atoms with Crippen LogP contribution in [0, 0.1) is 0 Å². The highest BCUT2D eigenvalue weighted by molar-refractivity contribution is 5.73. The number of hydrogen-bond acceptors (Lipinski definition) is 5. The molecule has 1 amide bonds. The lowest BCUT2D eigenvalue weighted by Gasteiger charge is -2.28. The summed E-state index contributed by atoms with van der Waals surface area (Å²) in [5.41, 5.74) is 1.05. The number of carbonyl (C=O) groups is 1. The van der Waals surface area contributed by atoms with Crippen molar-refractivity contribution in [3.8, 4) is 0 Å². The van der Waals surface area contributed by atoms with Crippen molar-refractivity contribution in [3.63, 3.8) is 0 Å². The van der Waals surface area contributed by atoms with Crippen LogP contribution in [0.25, 0.3) is 6.08 Å². The molecule has 0 unspecified atom stereocenters. The molecule has 148 valence electrons. The molecule has 0 bridgehead atoms. The molecule has 0 saturated carbocycles. The number of ether oxygens (including phenoxy) is 4. The maximum atomic E-state index is 11.8. The first-order chi connectivity index (χ1) is 12.7. The van der Waals surface area contributed by atoms with Crippen LogP contribution in [0.1, 0.15) is 40.2 Å². The van der Waals surface area contributed by atoms with Gasteiger partial charge in [0.05, 0.1) is 12.6 Å². The zero-order chi connectivity index (χ0) is 19.7. The van der Waals surface area contributed by atoms with E-state index >= 15 is 0 Å². The predicted octanol–water partition coefficient (Wildman–Crippen LogP) is 2.88. The van der Waals surface area contributed by atoms with Crippen molar-refractivity contribution in [2.45, 2.75) is 70.5 Å². The van der Waals surface area contributed by atoms with Gasteiger partial charge in [-0.05, 0) is 33.3 Å². The highest BCUT2D eigenvalue weighted by Crippen LogP contribution is 2.37. The minimum atomic E-state index is -0.775. The van der Waals surface area contributed by atoms with Crippen LogP contribution in [0.3, 0.4) is 0 Å². The first-order valence-corrected chi connectivity index (χ1v) is 9.33. The fourth-order valence-electron chi connectivity index (χ4n) is 3.51. The van der Waals surface area contributed by atoms with Gasteiger partial charge in [0.1, 0.15) is 18.3 Å². The Labute approximate surface area is 160 Å². The molecule has 6 nitrogen and oxygen atoms in total. The molecule has 1 N–H and O–H groups in total. The monoisotopic (exact) mass is 375 g/mol. The second-order valence-electron chi connectivity index (χ2n) is 7.93. The summed E-state index contributed by atoms with van der Waals surface area (Å²) in [4.78, 5) is 11.8. The molecule has 0 radical (unpaired) electrons. The summed E-state index contributed by atoms with van der Waals surface area (Å²) < 4.78 is 24.0. The predicted molar refractivity (Wildman–Crippen MR) is 102 cm³/mol. The fourth-order valence-corrected chi connectivity index (χ4v) is 3.51. The van der Waals surface area contributed by atoms with Gasteiger partial charge in [0.25, 0.3) is 0 Å². The van der Waals surface area contributed by atoms with Gasteiger partial charge in [0, 0.05) is 6.92 Å². The van der Waals surface area contributed by atoms with E-state index in [2.05, 4.69) is 5.32 Å². The lowest BCUT2D eigenvalue weighted by atomic mass is 10.00. The SMILES string of the molecule is CC(=O)N[C@H](/C=C/c1ccccc1)[C@H]1OC(C)(C)O[C@@H]1[C@H]1COC(C)(C)O1. The van der Waals surface area contributed by atoms with Crippen LogP contribution in [0.2, 0.25) is 0 Å². The molecule has 0 spiro atoms. The molecule has 2 heterocycles. The Hall–Kier alpha value is -1.73. The Bertz CT molecular complexity index is 685. The quantitative estimate of drug-likeness (QED) is 0.857. The number of amides is 1. The summed E-state index contributed by atoms with van der Waals surface area (Å²) in [6.07, 6.45) is 2.89. The van der Waals surface area contributed by atoms with Gasteiger partial charge in [-0.2, -0.15) is 0 Å². The Balaban J connectivity index is 1.84. The van der Waals surface area contributed by atoms with Crippen molar-refractivity contribution in [3.05, 3.63) is 42.0 Å².